The van der Waals surface area contributed by atoms with E-state index < -0.39 is 0 Å². The molecule has 0 bridgehead atoms. The molecule has 0 aliphatic heterocycles. The van der Waals surface area contributed by atoms with Gasteiger partial charge >= 0.3 is 0 Å². The van der Waals surface area contributed by atoms with Gasteiger partial charge in [0.25, 0.3) is 5.91 Å². The minimum Gasteiger partial charge on any atom is -0.369 e. The zero-order valence-corrected chi connectivity index (χ0v) is 10.6. The molecule has 17 heavy (non-hydrogen) atoms. The topological polar surface area (TPSA) is 55.6 Å². The summed E-state index contributed by atoms with van der Waals surface area (Å²) in [6.07, 6.45) is 0.0529. The monoisotopic (exact) mass is 236 g/mol. The standard InChI is InChI=1S/C13H20N2O2/c1-10(2)17-9-13(16)15(3)12-7-5-4-6-11(12)8-14/h4-7,10H,8-9,14H2,1-3H3. The number of ether oxygens (including phenoxy) is 1. The van der Waals surface area contributed by atoms with Crippen LogP contribution in [0.25, 0.3) is 0 Å². The van der Waals surface area contributed by atoms with E-state index in [1.807, 2.05) is 38.1 Å². The number of para-hydroxylation sites is 1. The van der Waals surface area contributed by atoms with Gasteiger partial charge in [0.05, 0.1) is 6.10 Å². The third-order valence-electron chi connectivity index (χ3n) is 2.49. The van der Waals surface area contributed by atoms with Crippen LogP contribution in [-0.2, 0) is 16.1 Å². The molecule has 0 aromatic heterocycles. The number of rotatable bonds is 5. The molecule has 0 aliphatic rings. The summed E-state index contributed by atoms with van der Waals surface area (Å²) >= 11 is 0. The average molecular weight is 236 g/mol. The summed E-state index contributed by atoms with van der Waals surface area (Å²) < 4.78 is 5.30. The van der Waals surface area contributed by atoms with Crippen LogP contribution in [0.3, 0.4) is 0 Å². The fraction of sp³-hybridized carbons (Fsp3) is 0.462. The van der Waals surface area contributed by atoms with Crippen LogP contribution in [-0.4, -0.2) is 25.7 Å². The van der Waals surface area contributed by atoms with Crippen LogP contribution in [0.5, 0.6) is 0 Å². The van der Waals surface area contributed by atoms with E-state index in [9.17, 15) is 4.79 Å². The Morgan fingerprint density at radius 1 is 1.41 bits per heavy atom. The normalized spacial score (nSPS) is 10.6. The summed E-state index contributed by atoms with van der Waals surface area (Å²) in [6.45, 7) is 4.31. The summed E-state index contributed by atoms with van der Waals surface area (Å²) in [6, 6.07) is 7.61. The largest absolute Gasteiger partial charge is 0.369 e. The first-order valence-corrected chi connectivity index (χ1v) is 5.72. The number of amides is 1. The summed E-state index contributed by atoms with van der Waals surface area (Å²) in [5.41, 5.74) is 7.43. The molecular weight excluding hydrogens is 216 g/mol. The van der Waals surface area contributed by atoms with Crippen LogP contribution < -0.4 is 10.6 Å². The third-order valence-corrected chi connectivity index (χ3v) is 2.49. The van der Waals surface area contributed by atoms with Crippen molar-refractivity contribution in [3.8, 4) is 0 Å². The lowest BCUT2D eigenvalue weighted by Gasteiger charge is -2.20. The van der Waals surface area contributed by atoms with E-state index in [1.165, 1.54) is 0 Å². The first kappa shape index (κ1) is 13.7. The Morgan fingerprint density at radius 2 is 2.06 bits per heavy atom. The molecule has 94 valence electrons. The summed E-state index contributed by atoms with van der Waals surface area (Å²) in [5, 5.41) is 0. The maximum Gasteiger partial charge on any atom is 0.252 e. The summed E-state index contributed by atoms with van der Waals surface area (Å²) in [7, 11) is 1.74. The van der Waals surface area contributed by atoms with E-state index in [2.05, 4.69) is 0 Å². The van der Waals surface area contributed by atoms with Gasteiger partial charge in [-0.05, 0) is 25.5 Å². The molecule has 1 amide bonds. The van der Waals surface area contributed by atoms with Gasteiger partial charge in [-0.1, -0.05) is 18.2 Å². The number of anilines is 1. The minimum absolute atomic E-state index is 0.0529. The lowest BCUT2D eigenvalue weighted by Crippen LogP contribution is -2.32. The first-order valence-electron chi connectivity index (χ1n) is 5.72. The Labute approximate surface area is 102 Å². The van der Waals surface area contributed by atoms with Gasteiger partial charge in [0, 0.05) is 19.3 Å². The van der Waals surface area contributed by atoms with Gasteiger partial charge in [-0.2, -0.15) is 0 Å². The number of carbonyl (C=O) groups is 1. The maximum atomic E-state index is 11.9. The van der Waals surface area contributed by atoms with Gasteiger partial charge in [-0.25, -0.2) is 0 Å². The Kier molecular flexibility index (Phi) is 5.12. The molecule has 0 saturated heterocycles. The van der Waals surface area contributed by atoms with Crippen molar-refractivity contribution in [2.75, 3.05) is 18.6 Å². The van der Waals surface area contributed by atoms with Crippen LogP contribution >= 0.6 is 0 Å². The highest BCUT2D eigenvalue weighted by Gasteiger charge is 2.14. The SMILES string of the molecule is CC(C)OCC(=O)N(C)c1ccccc1CN. The van der Waals surface area contributed by atoms with Gasteiger partial charge in [0.15, 0.2) is 0 Å². The summed E-state index contributed by atoms with van der Waals surface area (Å²) in [5.74, 6) is -0.0698. The van der Waals surface area contributed by atoms with Crippen molar-refractivity contribution < 1.29 is 9.53 Å². The number of likely N-dealkylation sites (N-methyl/N-ethyl adjacent to an activating group) is 1. The molecular formula is C13H20N2O2. The van der Waals surface area contributed by atoms with Crippen molar-refractivity contribution in [1.29, 1.82) is 0 Å². The van der Waals surface area contributed by atoms with Crippen LogP contribution in [0.4, 0.5) is 5.69 Å². The molecule has 0 fully saturated rings. The molecule has 4 heteroatoms. The van der Waals surface area contributed by atoms with E-state index in [0.29, 0.717) is 6.54 Å². The average Bonchev–Trinajstić information content (AvgIpc) is 2.34. The zero-order valence-electron chi connectivity index (χ0n) is 10.6. The fourth-order valence-electron chi connectivity index (χ4n) is 1.48. The minimum atomic E-state index is -0.0698. The van der Waals surface area contributed by atoms with E-state index in [-0.39, 0.29) is 18.6 Å². The summed E-state index contributed by atoms with van der Waals surface area (Å²) in [4.78, 5) is 13.5. The number of benzene rings is 1. The van der Waals surface area contributed by atoms with Crippen molar-refractivity contribution in [1.82, 2.24) is 0 Å². The third kappa shape index (κ3) is 3.84. The van der Waals surface area contributed by atoms with Crippen molar-refractivity contribution in [3.63, 3.8) is 0 Å². The highest BCUT2D eigenvalue weighted by molar-refractivity contribution is 5.94. The Hall–Kier alpha value is -1.39. The molecule has 0 unspecified atom stereocenters. The second-order valence-electron chi connectivity index (χ2n) is 4.15. The number of hydrogen-bond donors (Lipinski definition) is 1. The second kappa shape index (κ2) is 6.37. The van der Waals surface area contributed by atoms with E-state index >= 15 is 0 Å². The molecule has 0 saturated carbocycles. The second-order valence-corrected chi connectivity index (χ2v) is 4.15. The smallest absolute Gasteiger partial charge is 0.252 e. The number of hydrogen-bond acceptors (Lipinski definition) is 3. The molecule has 4 nitrogen and oxygen atoms in total. The van der Waals surface area contributed by atoms with E-state index in [1.54, 1.807) is 11.9 Å². The molecule has 1 aromatic carbocycles. The van der Waals surface area contributed by atoms with Crippen molar-refractivity contribution in [2.45, 2.75) is 26.5 Å². The van der Waals surface area contributed by atoms with Crippen LogP contribution in [0.15, 0.2) is 24.3 Å². The molecule has 0 heterocycles. The fourth-order valence-corrected chi connectivity index (χ4v) is 1.48. The highest BCUT2D eigenvalue weighted by atomic mass is 16.5. The van der Waals surface area contributed by atoms with Gasteiger partial charge in [0.2, 0.25) is 0 Å². The quantitative estimate of drug-likeness (QED) is 0.843. The molecule has 1 aromatic rings. The van der Waals surface area contributed by atoms with Gasteiger partial charge in [-0.15, -0.1) is 0 Å². The Balaban J connectivity index is 2.74. The lowest BCUT2D eigenvalue weighted by atomic mass is 10.1. The number of nitrogens with zero attached hydrogens (tertiary/aromatic N) is 1. The predicted octanol–water partition coefficient (Wildman–Crippen LogP) is 1.53. The molecule has 0 radical (unpaired) electrons. The van der Waals surface area contributed by atoms with E-state index in [4.69, 9.17) is 10.5 Å². The molecule has 0 spiro atoms. The first-order chi connectivity index (χ1) is 8.06. The lowest BCUT2D eigenvalue weighted by molar-refractivity contribution is -0.124. The van der Waals surface area contributed by atoms with Crippen LogP contribution in [0.2, 0.25) is 0 Å². The molecule has 2 N–H and O–H groups in total. The van der Waals surface area contributed by atoms with E-state index in [0.717, 1.165) is 11.3 Å². The van der Waals surface area contributed by atoms with Crippen molar-refractivity contribution in [2.24, 2.45) is 5.73 Å². The van der Waals surface area contributed by atoms with Crippen molar-refractivity contribution in [3.05, 3.63) is 29.8 Å². The molecule has 0 aliphatic carbocycles. The van der Waals surface area contributed by atoms with Crippen LogP contribution in [0.1, 0.15) is 19.4 Å². The van der Waals surface area contributed by atoms with Crippen molar-refractivity contribution >= 4 is 11.6 Å². The number of nitrogens with two attached hydrogens (primary N) is 1. The highest BCUT2D eigenvalue weighted by Crippen LogP contribution is 2.18. The maximum absolute atomic E-state index is 11.9. The predicted molar refractivity (Wildman–Crippen MR) is 68.8 cm³/mol. The number of carbonyl (C=O) groups excluding carboxylic acids is 1. The van der Waals surface area contributed by atoms with Crippen LogP contribution in [0, 0.1) is 0 Å². The molecule has 1 rings (SSSR count). The van der Waals surface area contributed by atoms with Gasteiger partial charge in [0.1, 0.15) is 6.61 Å². The van der Waals surface area contributed by atoms with Gasteiger partial charge < -0.3 is 15.4 Å². The Morgan fingerprint density at radius 3 is 2.65 bits per heavy atom. The van der Waals surface area contributed by atoms with Gasteiger partial charge in [-0.3, -0.25) is 4.79 Å². The Bertz CT molecular complexity index is 377. The molecule has 0 atom stereocenters. The zero-order chi connectivity index (χ0) is 12.8.